The lowest BCUT2D eigenvalue weighted by atomic mass is 10.0. The first kappa shape index (κ1) is 24.2. The molecule has 5 aromatic heterocycles. The number of fused-ring (bicyclic) bond motifs is 1. The Balaban J connectivity index is 1.24. The molecule has 39 heavy (non-hydrogen) atoms. The molecule has 0 aromatic carbocycles. The highest BCUT2D eigenvalue weighted by Gasteiger charge is 2.31. The highest BCUT2D eigenvalue weighted by atomic mass is 16.5. The third-order valence-electron chi connectivity index (χ3n) is 6.80. The molecule has 1 aliphatic heterocycles. The first-order valence-electron chi connectivity index (χ1n) is 12.3. The Morgan fingerprint density at radius 2 is 1.87 bits per heavy atom. The molecular formula is C26H24N10O3. The molecule has 0 radical (unpaired) electrons. The molecule has 0 aliphatic carbocycles. The van der Waals surface area contributed by atoms with Crippen LogP contribution in [0.4, 0.5) is 5.95 Å². The van der Waals surface area contributed by atoms with Gasteiger partial charge in [-0.25, -0.2) is 4.98 Å². The Kier molecular flexibility index (Phi) is 6.15. The van der Waals surface area contributed by atoms with Crippen LogP contribution in [0.2, 0.25) is 0 Å². The number of pyridine rings is 3. The van der Waals surface area contributed by atoms with E-state index in [-0.39, 0.29) is 5.56 Å². The maximum absolute atomic E-state index is 13.5. The number of aromatic nitrogens is 8. The predicted octanol–water partition coefficient (Wildman–Crippen LogP) is 1.84. The number of nitrogens with one attached hydrogen (secondary N) is 1. The number of nitrogens with zero attached hydrogens (tertiary/aromatic N) is 9. The van der Waals surface area contributed by atoms with Crippen LogP contribution in [0.5, 0.6) is 5.75 Å². The Bertz CT molecular complexity index is 1670. The van der Waals surface area contributed by atoms with Gasteiger partial charge < -0.3 is 19.5 Å². The lowest BCUT2D eigenvalue weighted by Crippen LogP contribution is -2.51. The Morgan fingerprint density at radius 3 is 2.62 bits per heavy atom. The van der Waals surface area contributed by atoms with Gasteiger partial charge in [-0.15, -0.1) is 0 Å². The van der Waals surface area contributed by atoms with Gasteiger partial charge in [-0.3, -0.25) is 19.6 Å². The number of amides is 1. The summed E-state index contributed by atoms with van der Waals surface area (Å²) in [4.78, 5) is 46.6. The lowest BCUT2D eigenvalue weighted by Gasteiger charge is -2.34. The van der Waals surface area contributed by atoms with Gasteiger partial charge in [0.1, 0.15) is 5.75 Å². The summed E-state index contributed by atoms with van der Waals surface area (Å²) in [5, 5.41) is 12.5. The van der Waals surface area contributed by atoms with Crippen molar-refractivity contribution in [2.45, 2.75) is 6.92 Å². The minimum atomic E-state index is -0.619. The molecule has 0 bridgehead atoms. The quantitative estimate of drug-likeness (QED) is 0.258. The van der Waals surface area contributed by atoms with E-state index in [1.165, 1.54) is 7.11 Å². The van der Waals surface area contributed by atoms with Gasteiger partial charge >= 0.3 is 0 Å². The maximum atomic E-state index is 13.5. The van der Waals surface area contributed by atoms with Crippen molar-refractivity contribution in [1.29, 1.82) is 0 Å². The van der Waals surface area contributed by atoms with Crippen LogP contribution in [0.25, 0.3) is 28.0 Å². The van der Waals surface area contributed by atoms with E-state index in [9.17, 15) is 9.59 Å². The van der Waals surface area contributed by atoms with Gasteiger partial charge in [-0.2, -0.15) is 4.68 Å². The van der Waals surface area contributed by atoms with Crippen molar-refractivity contribution in [2.24, 2.45) is 0 Å². The number of ether oxygens (including phenoxy) is 1. The molecule has 6 heterocycles. The predicted molar refractivity (Wildman–Crippen MR) is 141 cm³/mol. The molecule has 196 valence electrons. The zero-order valence-electron chi connectivity index (χ0n) is 21.3. The van der Waals surface area contributed by atoms with Gasteiger partial charge in [-0.1, -0.05) is 11.2 Å². The Labute approximate surface area is 222 Å². The SMILES string of the molecule is COc1cnc(-c2cnccc2C)c2[nH]cc(C(=O)C(=O)N3CCN(c4nnnn4-c4ccccn4)CC3)c12. The molecule has 1 fully saturated rings. The molecule has 0 spiro atoms. The fourth-order valence-electron chi connectivity index (χ4n) is 4.74. The van der Waals surface area contributed by atoms with Crippen molar-refractivity contribution in [2.75, 3.05) is 38.2 Å². The van der Waals surface area contributed by atoms with E-state index in [1.54, 1.807) is 40.6 Å². The summed E-state index contributed by atoms with van der Waals surface area (Å²) in [6, 6.07) is 7.37. The van der Waals surface area contributed by atoms with Gasteiger partial charge in [0.2, 0.25) is 0 Å². The number of methoxy groups -OCH3 is 1. The van der Waals surface area contributed by atoms with Crippen LogP contribution >= 0.6 is 0 Å². The summed E-state index contributed by atoms with van der Waals surface area (Å²) in [6.07, 6.45) is 8.20. The number of H-pyrrole nitrogens is 1. The van der Waals surface area contributed by atoms with Crippen LogP contribution in [0.15, 0.2) is 55.2 Å². The fraction of sp³-hybridized carbons (Fsp3) is 0.231. The minimum absolute atomic E-state index is 0.235. The molecule has 1 amide bonds. The first-order chi connectivity index (χ1) is 19.1. The molecule has 0 saturated carbocycles. The van der Waals surface area contributed by atoms with E-state index >= 15 is 0 Å². The Hall–Kier alpha value is -5.20. The van der Waals surface area contributed by atoms with Gasteiger partial charge in [0.05, 0.1) is 35.5 Å². The van der Waals surface area contributed by atoms with Gasteiger partial charge in [-0.05, 0) is 41.1 Å². The number of aryl methyl sites for hydroxylation is 1. The number of hydrogen-bond donors (Lipinski definition) is 1. The van der Waals surface area contributed by atoms with Gasteiger partial charge in [0.15, 0.2) is 5.82 Å². The zero-order valence-corrected chi connectivity index (χ0v) is 21.3. The average molecular weight is 525 g/mol. The molecule has 13 heteroatoms. The average Bonchev–Trinajstić information content (AvgIpc) is 3.65. The van der Waals surface area contributed by atoms with Crippen molar-refractivity contribution < 1.29 is 14.3 Å². The summed E-state index contributed by atoms with van der Waals surface area (Å²) in [7, 11) is 1.51. The molecule has 13 nitrogen and oxygen atoms in total. The number of hydrogen-bond acceptors (Lipinski definition) is 10. The van der Waals surface area contributed by atoms with E-state index < -0.39 is 11.7 Å². The van der Waals surface area contributed by atoms with Crippen molar-refractivity contribution in [3.63, 3.8) is 0 Å². The fourth-order valence-corrected chi connectivity index (χ4v) is 4.74. The first-order valence-corrected chi connectivity index (χ1v) is 12.3. The molecule has 5 aromatic rings. The van der Waals surface area contributed by atoms with Crippen molar-refractivity contribution in [3.8, 4) is 22.8 Å². The number of Topliss-reactive ketones (excluding diaryl/α,β-unsaturated/α-hetero) is 1. The van der Waals surface area contributed by atoms with E-state index in [0.717, 1.165) is 11.1 Å². The highest BCUT2D eigenvalue weighted by Crippen LogP contribution is 2.35. The number of rotatable bonds is 6. The van der Waals surface area contributed by atoms with E-state index in [2.05, 4.69) is 35.5 Å². The second kappa shape index (κ2) is 9.93. The maximum Gasteiger partial charge on any atom is 0.295 e. The van der Waals surface area contributed by atoms with Crippen LogP contribution in [0.3, 0.4) is 0 Å². The summed E-state index contributed by atoms with van der Waals surface area (Å²) in [5.74, 6) is 0.317. The second-order valence-electron chi connectivity index (χ2n) is 9.01. The minimum Gasteiger partial charge on any atom is -0.494 e. The highest BCUT2D eigenvalue weighted by molar-refractivity contribution is 6.45. The Morgan fingerprint density at radius 1 is 1.03 bits per heavy atom. The zero-order chi connectivity index (χ0) is 26.9. The topological polar surface area (TPSA) is 148 Å². The number of ketones is 1. The van der Waals surface area contributed by atoms with E-state index in [4.69, 9.17) is 4.74 Å². The molecule has 1 N–H and O–H groups in total. The van der Waals surface area contributed by atoms with Crippen molar-refractivity contribution in [3.05, 3.63) is 66.4 Å². The van der Waals surface area contributed by atoms with Crippen LogP contribution in [-0.2, 0) is 4.79 Å². The number of carbonyl (C=O) groups excluding carboxylic acids is 2. The summed E-state index contributed by atoms with van der Waals surface area (Å²) >= 11 is 0. The molecule has 0 unspecified atom stereocenters. The van der Waals surface area contributed by atoms with E-state index in [1.807, 2.05) is 36.1 Å². The van der Waals surface area contributed by atoms with Crippen LogP contribution in [-0.4, -0.2) is 90.0 Å². The monoisotopic (exact) mass is 524 g/mol. The molecular weight excluding hydrogens is 500 g/mol. The summed E-state index contributed by atoms with van der Waals surface area (Å²) < 4.78 is 7.07. The smallest absolute Gasteiger partial charge is 0.295 e. The lowest BCUT2D eigenvalue weighted by molar-refractivity contribution is -0.126. The number of tetrazole rings is 1. The third-order valence-corrected chi connectivity index (χ3v) is 6.80. The van der Waals surface area contributed by atoms with Gasteiger partial charge in [0, 0.05) is 56.5 Å². The largest absolute Gasteiger partial charge is 0.494 e. The summed E-state index contributed by atoms with van der Waals surface area (Å²) in [6.45, 7) is 3.54. The van der Waals surface area contributed by atoms with E-state index in [0.29, 0.717) is 60.3 Å². The molecule has 1 saturated heterocycles. The molecule has 1 aliphatic rings. The molecule has 0 atom stereocenters. The van der Waals surface area contributed by atoms with Crippen LogP contribution in [0.1, 0.15) is 15.9 Å². The standard InChI is InChI=1S/C26H24N10O3/c1-16-6-8-27-13-17(16)22-23-21(19(39-2)15-30-22)18(14-29-23)24(37)25(38)34-9-11-35(12-10-34)26-31-32-33-36(26)20-5-3-4-7-28-20/h3-8,13-15,29H,9-12H2,1-2H3. The molecule has 6 rings (SSSR count). The normalized spacial score (nSPS) is 13.6. The second-order valence-corrected chi connectivity index (χ2v) is 9.01. The van der Waals surface area contributed by atoms with Crippen LogP contribution < -0.4 is 9.64 Å². The summed E-state index contributed by atoms with van der Waals surface area (Å²) in [5.41, 5.74) is 3.27. The van der Waals surface area contributed by atoms with Crippen LogP contribution in [0, 0.1) is 6.92 Å². The van der Waals surface area contributed by atoms with Gasteiger partial charge in [0.25, 0.3) is 17.6 Å². The third kappa shape index (κ3) is 4.23. The van der Waals surface area contributed by atoms with Crippen molar-refractivity contribution in [1.82, 2.24) is 45.0 Å². The number of anilines is 1. The number of aromatic amines is 1. The van der Waals surface area contributed by atoms with Crippen molar-refractivity contribution >= 4 is 28.5 Å². The number of carbonyl (C=O) groups is 2. The number of piperazine rings is 1.